The average Bonchev–Trinajstić information content (AvgIpc) is 3.79. The van der Waals surface area contributed by atoms with Crippen LogP contribution >= 0.6 is 0 Å². The van der Waals surface area contributed by atoms with Crippen molar-refractivity contribution in [2.45, 2.75) is 5.41 Å². The zero-order valence-corrected chi connectivity index (χ0v) is 38.5. The standard InChI is InChI=1S/C67H47N3/c1-5-18-48(19-6-1)50-32-40-56(41-33-50)68(54-22-9-3-10-23-54)58-44-36-52(37-45-58)67(62-28-14-16-31-65(62)70-64-30-15-13-26-60(64)61-27-17-29-63(67)66(61)70)53-38-46-59(47-39-53)69(55-24-11-4-12-25-55)57-42-34-51(35-43-57)49-20-7-2-8-21-49/h1-47H. The van der Waals surface area contributed by atoms with Crippen LogP contribution in [0.25, 0.3) is 49.7 Å². The molecule has 1 aromatic heterocycles. The summed E-state index contributed by atoms with van der Waals surface area (Å²) in [6.07, 6.45) is 0. The number of benzene rings is 11. The van der Waals surface area contributed by atoms with E-state index in [4.69, 9.17) is 0 Å². The average molecular weight is 894 g/mol. The van der Waals surface area contributed by atoms with Crippen molar-refractivity contribution in [2.75, 3.05) is 9.80 Å². The fourth-order valence-corrected chi connectivity index (χ4v) is 11.1. The summed E-state index contributed by atoms with van der Waals surface area (Å²) in [6, 6.07) is 104. The number of nitrogens with zero attached hydrogens (tertiary/aromatic N) is 3. The van der Waals surface area contributed by atoms with E-state index in [1.807, 2.05) is 0 Å². The van der Waals surface area contributed by atoms with Gasteiger partial charge in [-0.15, -0.1) is 0 Å². The van der Waals surface area contributed by atoms with Crippen LogP contribution in [0.1, 0.15) is 22.3 Å². The summed E-state index contributed by atoms with van der Waals surface area (Å²) in [6.45, 7) is 0. The van der Waals surface area contributed by atoms with Gasteiger partial charge in [0.15, 0.2) is 0 Å². The van der Waals surface area contributed by atoms with Gasteiger partial charge in [0.1, 0.15) is 0 Å². The third kappa shape index (κ3) is 6.74. The van der Waals surface area contributed by atoms with Crippen LogP contribution in [0, 0.1) is 0 Å². The van der Waals surface area contributed by atoms with E-state index in [9.17, 15) is 0 Å². The summed E-state index contributed by atoms with van der Waals surface area (Å²) >= 11 is 0. The normalized spacial score (nSPS) is 12.4. The number of anilines is 6. The highest BCUT2D eigenvalue weighted by molar-refractivity contribution is 6.12. The third-order valence-corrected chi connectivity index (χ3v) is 14.3. The summed E-state index contributed by atoms with van der Waals surface area (Å²) in [5, 5.41) is 2.51. The maximum Gasteiger partial charge on any atom is 0.0742 e. The van der Waals surface area contributed by atoms with Gasteiger partial charge in [-0.05, 0) is 129 Å². The second-order valence-corrected chi connectivity index (χ2v) is 18.1. The van der Waals surface area contributed by atoms with Crippen LogP contribution in [0.15, 0.2) is 285 Å². The quantitative estimate of drug-likeness (QED) is 0.136. The summed E-state index contributed by atoms with van der Waals surface area (Å²) in [5.74, 6) is 0. The molecule has 0 spiro atoms. The van der Waals surface area contributed by atoms with Crippen molar-refractivity contribution >= 4 is 55.9 Å². The monoisotopic (exact) mass is 893 g/mol. The van der Waals surface area contributed by atoms with Crippen molar-refractivity contribution in [1.82, 2.24) is 4.57 Å². The van der Waals surface area contributed by atoms with Gasteiger partial charge in [-0.1, -0.05) is 200 Å². The van der Waals surface area contributed by atoms with Gasteiger partial charge in [0, 0.05) is 44.9 Å². The first-order valence-corrected chi connectivity index (χ1v) is 24.1. The van der Waals surface area contributed by atoms with E-state index in [-0.39, 0.29) is 0 Å². The van der Waals surface area contributed by atoms with Gasteiger partial charge in [0.25, 0.3) is 0 Å². The van der Waals surface area contributed by atoms with Crippen LogP contribution in [0.2, 0.25) is 0 Å². The number of hydrogen-bond acceptors (Lipinski definition) is 2. The molecule has 13 rings (SSSR count). The lowest BCUT2D eigenvalue weighted by Gasteiger charge is -2.42. The Balaban J connectivity index is 0.995. The second kappa shape index (κ2) is 17.2. The first-order valence-electron chi connectivity index (χ1n) is 24.1. The smallest absolute Gasteiger partial charge is 0.0742 e. The minimum Gasteiger partial charge on any atom is -0.311 e. The molecule has 1 aliphatic heterocycles. The van der Waals surface area contributed by atoms with Crippen LogP contribution in [-0.4, -0.2) is 4.57 Å². The number of fused-ring (bicyclic) bond motifs is 5. The zero-order valence-electron chi connectivity index (χ0n) is 38.5. The maximum atomic E-state index is 2.50. The Kier molecular flexibility index (Phi) is 10.1. The summed E-state index contributed by atoms with van der Waals surface area (Å²) in [4.78, 5) is 4.72. The predicted octanol–water partition coefficient (Wildman–Crippen LogP) is 17.8. The van der Waals surface area contributed by atoms with Crippen molar-refractivity contribution in [3.8, 4) is 27.9 Å². The SMILES string of the molecule is c1ccc(-c2ccc(N(c3ccccc3)c3ccc(C4(c5ccc(N(c6ccccc6)c6ccc(-c7ccccc7)cc6)cc5)c5ccccc5-n5c6ccccc6c6cccc4c65)cc3)cc2)cc1. The van der Waals surface area contributed by atoms with Crippen LogP contribution < -0.4 is 9.80 Å². The first-order chi connectivity index (χ1) is 34.7. The Bertz CT molecular complexity index is 3600. The zero-order chi connectivity index (χ0) is 46.4. The van der Waals surface area contributed by atoms with Gasteiger partial charge in [0.2, 0.25) is 0 Å². The highest BCUT2D eigenvalue weighted by atomic mass is 15.1. The molecule has 12 aromatic rings. The molecular formula is C67H47N3. The van der Waals surface area contributed by atoms with Crippen molar-refractivity contribution in [3.63, 3.8) is 0 Å². The first kappa shape index (κ1) is 41.0. The maximum absolute atomic E-state index is 2.50. The van der Waals surface area contributed by atoms with Crippen LogP contribution in [-0.2, 0) is 5.41 Å². The number of rotatable bonds is 10. The van der Waals surface area contributed by atoms with E-state index in [2.05, 4.69) is 299 Å². The molecule has 0 unspecified atom stereocenters. The van der Waals surface area contributed by atoms with E-state index in [0.717, 1.165) is 34.1 Å². The van der Waals surface area contributed by atoms with E-state index in [1.165, 1.54) is 72.0 Å². The summed E-state index contributed by atoms with van der Waals surface area (Å²) in [5.41, 5.74) is 19.2. The van der Waals surface area contributed by atoms with E-state index in [1.54, 1.807) is 0 Å². The predicted molar refractivity (Wildman–Crippen MR) is 293 cm³/mol. The van der Waals surface area contributed by atoms with E-state index >= 15 is 0 Å². The minimum atomic E-state index is -0.679. The molecule has 0 radical (unpaired) electrons. The van der Waals surface area contributed by atoms with Crippen molar-refractivity contribution in [3.05, 3.63) is 307 Å². The largest absolute Gasteiger partial charge is 0.311 e. The molecule has 11 aromatic carbocycles. The Morgan fingerprint density at radius 1 is 0.257 bits per heavy atom. The summed E-state index contributed by atoms with van der Waals surface area (Å²) in [7, 11) is 0. The molecule has 3 nitrogen and oxygen atoms in total. The lowest BCUT2D eigenvalue weighted by Crippen LogP contribution is -2.35. The fourth-order valence-electron chi connectivity index (χ4n) is 11.1. The molecule has 3 heteroatoms. The fraction of sp³-hybridized carbons (Fsp3) is 0.0149. The van der Waals surface area contributed by atoms with Gasteiger partial charge in [0.05, 0.1) is 22.1 Å². The van der Waals surface area contributed by atoms with Gasteiger partial charge >= 0.3 is 0 Å². The van der Waals surface area contributed by atoms with Gasteiger partial charge in [-0.2, -0.15) is 0 Å². The molecule has 0 saturated carbocycles. The molecule has 0 aliphatic carbocycles. The van der Waals surface area contributed by atoms with Crippen molar-refractivity contribution in [2.24, 2.45) is 0 Å². The topological polar surface area (TPSA) is 11.4 Å². The van der Waals surface area contributed by atoms with Crippen LogP contribution in [0.5, 0.6) is 0 Å². The van der Waals surface area contributed by atoms with Gasteiger partial charge in [-0.3, -0.25) is 0 Å². The van der Waals surface area contributed by atoms with E-state index < -0.39 is 5.41 Å². The molecule has 330 valence electrons. The Labute approximate surface area is 409 Å². The van der Waals surface area contributed by atoms with Gasteiger partial charge < -0.3 is 14.4 Å². The third-order valence-electron chi connectivity index (χ3n) is 14.3. The van der Waals surface area contributed by atoms with E-state index in [0.29, 0.717) is 0 Å². The summed E-state index contributed by atoms with van der Waals surface area (Å²) < 4.78 is 2.50. The van der Waals surface area contributed by atoms with Gasteiger partial charge in [-0.25, -0.2) is 0 Å². The number of aromatic nitrogens is 1. The Morgan fingerprint density at radius 2 is 0.614 bits per heavy atom. The highest BCUT2D eigenvalue weighted by Crippen LogP contribution is 2.55. The molecule has 0 atom stereocenters. The molecule has 2 heterocycles. The van der Waals surface area contributed by atoms with Crippen LogP contribution in [0.4, 0.5) is 34.1 Å². The Hall–Kier alpha value is -9.18. The molecule has 0 amide bonds. The Morgan fingerprint density at radius 3 is 1.11 bits per heavy atom. The van der Waals surface area contributed by atoms with Crippen molar-refractivity contribution < 1.29 is 0 Å². The molecule has 0 bridgehead atoms. The second-order valence-electron chi connectivity index (χ2n) is 18.1. The number of hydrogen-bond donors (Lipinski definition) is 0. The molecule has 0 fully saturated rings. The van der Waals surface area contributed by atoms with Crippen molar-refractivity contribution in [1.29, 1.82) is 0 Å². The minimum absolute atomic E-state index is 0.679. The molecule has 70 heavy (non-hydrogen) atoms. The lowest BCUT2D eigenvalue weighted by atomic mass is 9.63. The molecule has 0 saturated heterocycles. The molecule has 0 N–H and O–H groups in total. The highest BCUT2D eigenvalue weighted by Gasteiger charge is 2.45. The lowest BCUT2D eigenvalue weighted by molar-refractivity contribution is 0.728. The molecule has 1 aliphatic rings. The van der Waals surface area contributed by atoms with Crippen LogP contribution in [0.3, 0.4) is 0 Å². The number of para-hydroxylation sites is 5. The molecular weight excluding hydrogens is 847 g/mol.